The molecule has 0 aliphatic carbocycles. The zero-order valence-corrected chi connectivity index (χ0v) is 10.9. The molecule has 0 atom stereocenters. The topological polar surface area (TPSA) is 73.1 Å². The summed E-state index contributed by atoms with van der Waals surface area (Å²) < 4.78 is 0. The molecule has 0 aliphatic heterocycles. The van der Waals surface area contributed by atoms with Gasteiger partial charge in [0.05, 0.1) is 11.6 Å². The third kappa shape index (κ3) is 2.80. The third-order valence-electron chi connectivity index (χ3n) is 3.17. The molecule has 1 aromatic carbocycles. The fourth-order valence-corrected chi connectivity index (χ4v) is 1.73. The lowest BCUT2D eigenvalue weighted by Gasteiger charge is -2.25. The Hall–Kier alpha value is -2.02. The van der Waals surface area contributed by atoms with Gasteiger partial charge < -0.3 is 10.4 Å². The maximum Gasteiger partial charge on any atom is 0.256 e. The number of amides is 1. The number of nitrogens with zero attached hydrogens (tertiary/aromatic N) is 1. The largest absolute Gasteiger partial charge is 0.507 e. The number of phenolic OH excluding ortho intramolecular Hbond substituents is 1. The fraction of sp³-hybridized carbons (Fsp3) is 0.429. The number of carbonyl (C=O) groups excluding carboxylic acids is 1. The number of phenols is 1. The number of hydrogen-bond acceptors (Lipinski definition) is 3. The zero-order chi connectivity index (χ0) is 13.8. The lowest BCUT2D eigenvalue weighted by atomic mass is 9.94. The van der Waals surface area contributed by atoms with Gasteiger partial charge in [0.1, 0.15) is 11.3 Å². The summed E-state index contributed by atoms with van der Waals surface area (Å²) >= 11 is 0. The minimum Gasteiger partial charge on any atom is -0.507 e. The van der Waals surface area contributed by atoms with Crippen molar-refractivity contribution in [1.82, 2.24) is 5.32 Å². The maximum absolute atomic E-state index is 12.1. The molecule has 18 heavy (non-hydrogen) atoms. The summed E-state index contributed by atoms with van der Waals surface area (Å²) in [6.07, 6.45) is 1.05. The predicted octanol–water partition coefficient (Wildman–Crippen LogP) is 2.51. The second kappa shape index (κ2) is 5.54. The summed E-state index contributed by atoms with van der Waals surface area (Å²) in [7, 11) is 0. The van der Waals surface area contributed by atoms with E-state index in [1.165, 1.54) is 6.07 Å². The molecule has 0 aromatic heterocycles. The normalized spacial score (nSPS) is 10.8. The van der Waals surface area contributed by atoms with E-state index in [9.17, 15) is 9.90 Å². The molecule has 96 valence electrons. The third-order valence-corrected chi connectivity index (χ3v) is 3.17. The summed E-state index contributed by atoms with van der Waals surface area (Å²) in [5, 5.41) is 21.5. The highest BCUT2D eigenvalue weighted by molar-refractivity contribution is 5.97. The van der Waals surface area contributed by atoms with Gasteiger partial charge in [0.15, 0.2) is 0 Å². The summed E-state index contributed by atoms with van der Waals surface area (Å²) in [4.78, 5) is 12.1. The Morgan fingerprint density at radius 3 is 2.56 bits per heavy atom. The zero-order valence-electron chi connectivity index (χ0n) is 10.9. The SMILES string of the molecule is CCC(C#N)(CC)NC(=O)c1cc(C)ccc1O. The Bertz CT molecular complexity index is 485. The van der Waals surface area contributed by atoms with E-state index in [-0.39, 0.29) is 11.3 Å². The standard InChI is InChI=1S/C14H18N2O2/c1-4-14(5-2,9-15)16-13(18)11-8-10(3)6-7-12(11)17/h6-8,17H,4-5H2,1-3H3,(H,16,18). The summed E-state index contributed by atoms with van der Waals surface area (Å²) in [6, 6.07) is 6.95. The first-order chi connectivity index (χ1) is 8.48. The van der Waals surface area contributed by atoms with Gasteiger partial charge in [-0.05, 0) is 31.9 Å². The van der Waals surface area contributed by atoms with Crippen LogP contribution in [0.5, 0.6) is 5.75 Å². The molecule has 0 fully saturated rings. The Morgan fingerprint density at radius 2 is 2.06 bits per heavy atom. The molecule has 0 heterocycles. The molecule has 4 nitrogen and oxygen atoms in total. The van der Waals surface area contributed by atoms with E-state index in [0.29, 0.717) is 12.8 Å². The van der Waals surface area contributed by atoms with Gasteiger partial charge in [0.2, 0.25) is 0 Å². The van der Waals surface area contributed by atoms with Crippen LogP contribution in [0.25, 0.3) is 0 Å². The van der Waals surface area contributed by atoms with Crippen molar-refractivity contribution in [3.05, 3.63) is 29.3 Å². The Balaban J connectivity index is 3.02. The number of hydrogen-bond donors (Lipinski definition) is 2. The lowest BCUT2D eigenvalue weighted by Crippen LogP contribution is -2.46. The second-order valence-corrected chi connectivity index (χ2v) is 4.38. The van der Waals surface area contributed by atoms with Crippen LogP contribution in [0.1, 0.15) is 42.6 Å². The predicted molar refractivity (Wildman–Crippen MR) is 69.2 cm³/mol. The van der Waals surface area contributed by atoms with Crippen LogP contribution >= 0.6 is 0 Å². The number of aromatic hydroxyl groups is 1. The minimum absolute atomic E-state index is 0.0721. The van der Waals surface area contributed by atoms with Gasteiger partial charge in [-0.3, -0.25) is 4.79 Å². The molecule has 0 saturated heterocycles. The highest BCUT2D eigenvalue weighted by Crippen LogP contribution is 2.21. The molecule has 0 spiro atoms. The van der Waals surface area contributed by atoms with Crippen LogP contribution < -0.4 is 5.32 Å². The highest BCUT2D eigenvalue weighted by atomic mass is 16.3. The first kappa shape index (κ1) is 14.0. The Morgan fingerprint density at radius 1 is 1.44 bits per heavy atom. The van der Waals surface area contributed by atoms with Crippen molar-refractivity contribution in [2.45, 2.75) is 39.2 Å². The molecular formula is C14H18N2O2. The molecular weight excluding hydrogens is 228 g/mol. The van der Waals surface area contributed by atoms with Crippen molar-refractivity contribution < 1.29 is 9.90 Å². The van der Waals surface area contributed by atoms with Crippen LogP contribution in [-0.4, -0.2) is 16.6 Å². The molecule has 0 radical (unpaired) electrons. The van der Waals surface area contributed by atoms with E-state index >= 15 is 0 Å². The molecule has 0 aliphatic rings. The van der Waals surface area contributed by atoms with Gasteiger partial charge in [-0.2, -0.15) is 5.26 Å². The van der Waals surface area contributed by atoms with Crippen LogP contribution in [-0.2, 0) is 0 Å². The van der Waals surface area contributed by atoms with Crippen LogP contribution in [0.15, 0.2) is 18.2 Å². The van der Waals surface area contributed by atoms with E-state index in [0.717, 1.165) is 5.56 Å². The van der Waals surface area contributed by atoms with Gasteiger partial charge in [-0.1, -0.05) is 25.5 Å². The van der Waals surface area contributed by atoms with E-state index in [1.807, 2.05) is 20.8 Å². The van der Waals surface area contributed by atoms with E-state index < -0.39 is 11.4 Å². The molecule has 1 amide bonds. The number of benzene rings is 1. The number of rotatable bonds is 4. The van der Waals surface area contributed by atoms with Gasteiger partial charge in [-0.15, -0.1) is 0 Å². The molecule has 1 rings (SSSR count). The molecule has 0 saturated carbocycles. The average molecular weight is 246 g/mol. The lowest BCUT2D eigenvalue weighted by molar-refractivity contribution is 0.0912. The molecule has 0 bridgehead atoms. The minimum atomic E-state index is -0.868. The highest BCUT2D eigenvalue weighted by Gasteiger charge is 2.28. The van der Waals surface area contributed by atoms with Crippen molar-refractivity contribution in [3.8, 4) is 11.8 Å². The number of nitriles is 1. The molecule has 4 heteroatoms. The van der Waals surface area contributed by atoms with Crippen LogP contribution in [0.3, 0.4) is 0 Å². The number of aryl methyl sites for hydroxylation is 1. The number of nitrogens with one attached hydrogen (secondary N) is 1. The van der Waals surface area contributed by atoms with Gasteiger partial charge in [-0.25, -0.2) is 0 Å². The van der Waals surface area contributed by atoms with E-state index in [1.54, 1.807) is 12.1 Å². The molecule has 1 aromatic rings. The van der Waals surface area contributed by atoms with Crippen molar-refractivity contribution in [3.63, 3.8) is 0 Å². The van der Waals surface area contributed by atoms with Crippen LogP contribution in [0.2, 0.25) is 0 Å². The smallest absolute Gasteiger partial charge is 0.256 e. The summed E-state index contributed by atoms with van der Waals surface area (Å²) in [5.74, 6) is -0.487. The second-order valence-electron chi connectivity index (χ2n) is 4.38. The van der Waals surface area contributed by atoms with Crippen molar-refractivity contribution >= 4 is 5.91 Å². The molecule has 2 N–H and O–H groups in total. The monoisotopic (exact) mass is 246 g/mol. The van der Waals surface area contributed by atoms with Gasteiger partial charge in [0.25, 0.3) is 5.91 Å². The van der Waals surface area contributed by atoms with Crippen LogP contribution in [0, 0.1) is 18.3 Å². The van der Waals surface area contributed by atoms with Crippen molar-refractivity contribution in [2.24, 2.45) is 0 Å². The van der Waals surface area contributed by atoms with Crippen LogP contribution in [0.4, 0.5) is 0 Å². The van der Waals surface area contributed by atoms with Crippen molar-refractivity contribution in [1.29, 1.82) is 5.26 Å². The first-order valence-electron chi connectivity index (χ1n) is 6.01. The molecule has 0 unspecified atom stereocenters. The van der Waals surface area contributed by atoms with Gasteiger partial charge >= 0.3 is 0 Å². The fourth-order valence-electron chi connectivity index (χ4n) is 1.73. The van der Waals surface area contributed by atoms with Crippen molar-refractivity contribution in [2.75, 3.05) is 0 Å². The van der Waals surface area contributed by atoms with Gasteiger partial charge in [0, 0.05) is 0 Å². The maximum atomic E-state index is 12.1. The number of carbonyl (C=O) groups is 1. The first-order valence-corrected chi connectivity index (χ1v) is 6.01. The van der Waals surface area contributed by atoms with E-state index in [4.69, 9.17) is 5.26 Å². The summed E-state index contributed by atoms with van der Waals surface area (Å²) in [5.41, 5.74) is 0.220. The average Bonchev–Trinajstić information content (AvgIpc) is 2.38. The summed E-state index contributed by atoms with van der Waals surface area (Å²) in [6.45, 7) is 5.54. The van der Waals surface area contributed by atoms with E-state index in [2.05, 4.69) is 11.4 Å². The Kier molecular flexibility index (Phi) is 4.33. The Labute approximate surface area is 107 Å². The quantitative estimate of drug-likeness (QED) is 0.857.